The first-order chi connectivity index (χ1) is 38.6. The topological polar surface area (TPSA) is 72.8 Å². The minimum absolute atomic E-state index is 0.0625. The molecule has 1 N–H and O–H groups in total. The maximum Gasteiger partial charge on any atom is 0.306 e. The van der Waals surface area contributed by atoms with E-state index in [-0.39, 0.29) is 25.2 Å². The van der Waals surface area contributed by atoms with Crippen molar-refractivity contribution in [1.82, 2.24) is 0 Å². The van der Waals surface area contributed by atoms with E-state index in [1.165, 1.54) is 289 Å². The predicted octanol–water partition coefficient (Wildman–Crippen LogP) is 24.1. The fourth-order valence-electron chi connectivity index (χ4n) is 10.5. The van der Waals surface area contributed by atoms with E-state index >= 15 is 0 Å². The number of rotatable bonds is 65. The van der Waals surface area contributed by atoms with E-state index in [2.05, 4.69) is 74.6 Å². The lowest BCUT2D eigenvalue weighted by molar-refractivity contribution is -0.161. The summed E-state index contributed by atoms with van der Waals surface area (Å²) in [4.78, 5) is 24.6. The molecule has 0 amide bonds. The van der Waals surface area contributed by atoms with Gasteiger partial charge in [-0.3, -0.25) is 9.59 Å². The van der Waals surface area contributed by atoms with Crippen molar-refractivity contribution in [2.24, 2.45) is 0 Å². The first-order valence-corrected chi connectivity index (χ1v) is 34.8. The normalized spacial score (nSPS) is 12.5. The molecule has 0 saturated carbocycles. The molecule has 0 heterocycles. The smallest absolute Gasteiger partial charge is 0.306 e. The molecular formula is C73H134O5. The van der Waals surface area contributed by atoms with Crippen molar-refractivity contribution in [2.75, 3.05) is 13.2 Å². The number of unbranched alkanes of at least 4 members (excludes halogenated alkanes) is 47. The van der Waals surface area contributed by atoms with E-state index in [1.807, 2.05) is 0 Å². The lowest BCUT2D eigenvalue weighted by atomic mass is 10.0. The number of aliphatic hydroxyl groups excluding tert-OH is 1. The van der Waals surface area contributed by atoms with Crippen LogP contribution in [-0.4, -0.2) is 36.4 Å². The van der Waals surface area contributed by atoms with Crippen molar-refractivity contribution in [1.29, 1.82) is 0 Å². The van der Waals surface area contributed by atoms with Gasteiger partial charge in [-0.1, -0.05) is 338 Å². The van der Waals surface area contributed by atoms with Crippen LogP contribution in [0.4, 0.5) is 0 Å². The molecule has 0 saturated heterocycles. The quantitative estimate of drug-likeness (QED) is 0.0373. The highest BCUT2D eigenvalue weighted by molar-refractivity contribution is 5.70. The third kappa shape index (κ3) is 66.1. The molecule has 0 aliphatic rings. The van der Waals surface area contributed by atoms with Crippen molar-refractivity contribution in [3.05, 3.63) is 60.8 Å². The van der Waals surface area contributed by atoms with Crippen LogP contribution in [0.2, 0.25) is 0 Å². The summed E-state index contributed by atoms with van der Waals surface area (Å²) in [6, 6.07) is 0. The van der Waals surface area contributed by atoms with E-state index in [0.29, 0.717) is 12.8 Å². The second-order valence-electron chi connectivity index (χ2n) is 23.6. The Bertz CT molecular complexity index is 1330. The molecule has 0 aliphatic heterocycles. The largest absolute Gasteiger partial charge is 0.462 e. The summed E-state index contributed by atoms with van der Waals surface area (Å²) in [5.41, 5.74) is 0. The number of hydrogen-bond acceptors (Lipinski definition) is 5. The van der Waals surface area contributed by atoms with Crippen molar-refractivity contribution < 1.29 is 24.2 Å². The van der Waals surface area contributed by atoms with Gasteiger partial charge in [0.25, 0.3) is 0 Å². The second kappa shape index (κ2) is 68.9. The molecule has 0 aromatic heterocycles. The summed E-state index contributed by atoms with van der Waals surface area (Å²) in [5.74, 6) is -0.572. The van der Waals surface area contributed by atoms with E-state index in [0.717, 1.165) is 57.8 Å². The molecule has 78 heavy (non-hydrogen) atoms. The summed E-state index contributed by atoms with van der Waals surface area (Å²) < 4.78 is 10.8. The number of ether oxygens (including phenoxy) is 2. The van der Waals surface area contributed by atoms with Crippen LogP contribution in [0.5, 0.6) is 0 Å². The molecule has 0 aromatic rings. The monoisotopic (exact) mass is 1090 g/mol. The predicted molar refractivity (Wildman–Crippen MR) is 344 cm³/mol. The van der Waals surface area contributed by atoms with E-state index in [4.69, 9.17) is 9.47 Å². The lowest BCUT2D eigenvalue weighted by Gasteiger charge is -2.15. The second-order valence-corrected chi connectivity index (χ2v) is 23.6. The van der Waals surface area contributed by atoms with Gasteiger partial charge in [-0.2, -0.15) is 0 Å². The zero-order chi connectivity index (χ0) is 56.2. The molecular weight excluding hydrogens is 957 g/mol. The molecule has 5 nitrogen and oxygen atoms in total. The first-order valence-electron chi connectivity index (χ1n) is 34.8. The molecule has 0 bridgehead atoms. The Morgan fingerprint density at radius 3 is 0.769 bits per heavy atom. The van der Waals surface area contributed by atoms with Crippen LogP contribution in [0.25, 0.3) is 0 Å². The molecule has 0 spiro atoms. The number of esters is 2. The molecule has 5 heteroatoms. The number of hydrogen-bond donors (Lipinski definition) is 1. The molecule has 0 fully saturated rings. The van der Waals surface area contributed by atoms with E-state index < -0.39 is 6.10 Å². The maximum absolute atomic E-state index is 12.4. The van der Waals surface area contributed by atoms with Gasteiger partial charge < -0.3 is 14.6 Å². The minimum Gasteiger partial charge on any atom is -0.462 e. The van der Waals surface area contributed by atoms with Crippen molar-refractivity contribution in [2.45, 2.75) is 380 Å². The van der Waals surface area contributed by atoms with Gasteiger partial charge >= 0.3 is 11.9 Å². The van der Waals surface area contributed by atoms with Crippen molar-refractivity contribution in [3.8, 4) is 0 Å². The van der Waals surface area contributed by atoms with Crippen LogP contribution in [0.3, 0.4) is 0 Å². The standard InChI is InChI=1S/C73H134O5/c1-3-5-7-9-11-13-15-17-19-21-23-25-27-29-30-31-32-33-34-35-36-37-38-39-40-41-42-44-46-48-50-52-54-56-58-60-62-64-66-68-73(76)78-71(69-74)70-77-72(75)67-65-63-61-59-57-55-53-51-49-47-45-43-28-26-24-22-20-18-16-14-12-10-8-6-4-2/h15-18,21-24,27,29,71,74H,3-14,19-20,25-26,28,30-70H2,1-2H3/b17-15-,18-16-,23-21-,24-22-,29-27-. The van der Waals surface area contributed by atoms with Crippen LogP contribution in [-0.2, 0) is 19.1 Å². The average Bonchev–Trinajstić information content (AvgIpc) is 3.44. The van der Waals surface area contributed by atoms with Crippen molar-refractivity contribution in [3.63, 3.8) is 0 Å². The summed E-state index contributed by atoms with van der Waals surface area (Å²) >= 11 is 0. The van der Waals surface area contributed by atoms with Gasteiger partial charge in [0, 0.05) is 12.8 Å². The maximum atomic E-state index is 12.4. The lowest BCUT2D eigenvalue weighted by Crippen LogP contribution is -2.28. The Kier molecular flexibility index (Phi) is 66.8. The number of carbonyl (C=O) groups excluding carboxylic acids is 2. The highest BCUT2D eigenvalue weighted by Gasteiger charge is 2.16. The van der Waals surface area contributed by atoms with Gasteiger partial charge in [0.05, 0.1) is 6.61 Å². The van der Waals surface area contributed by atoms with Gasteiger partial charge in [-0.15, -0.1) is 0 Å². The number of carbonyl (C=O) groups is 2. The highest BCUT2D eigenvalue weighted by Crippen LogP contribution is 2.18. The van der Waals surface area contributed by atoms with Crippen LogP contribution in [0.1, 0.15) is 373 Å². The van der Waals surface area contributed by atoms with Gasteiger partial charge in [0.1, 0.15) is 6.61 Å². The Hall–Kier alpha value is -2.40. The molecule has 1 unspecified atom stereocenters. The van der Waals surface area contributed by atoms with Crippen LogP contribution < -0.4 is 0 Å². The Balaban J connectivity index is 3.40. The van der Waals surface area contributed by atoms with Crippen LogP contribution in [0.15, 0.2) is 60.8 Å². The Morgan fingerprint density at radius 1 is 0.295 bits per heavy atom. The minimum atomic E-state index is -0.772. The average molecular weight is 1090 g/mol. The van der Waals surface area contributed by atoms with E-state index in [1.54, 1.807) is 0 Å². The summed E-state index contributed by atoms with van der Waals surface area (Å²) in [6.45, 7) is 4.17. The number of aliphatic hydroxyl groups is 1. The van der Waals surface area contributed by atoms with Crippen LogP contribution >= 0.6 is 0 Å². The summed E-state index contributed by atoms with van der Waals surface area (Å²) in [6.07, 6.45) is 94.0. The van der Waals surface area contributed by atoms with Gasteiger partial charge in [0.15, 0.2) is 6.10 Å². The first kappa shape index (κ1) is 75.6. The Morgan fingerprint density at radius 2 is 0.513 bits per heavy atom. The zero-order valence-electron chi connectivity index (χ0n) is 52.4. The third-order valence-electron chi connectivity index (χ3n) is 15.8. The summed E-state index contributed by atoms with van der Waals surface area (Å²) in [5, 5.41) is 9.70. The van der Waals surface area contributed by atoms with Crippen LogP contribution in [0, 0.1) is 0 Å². The van der Waals surface area contributed by atoms with E-state index in [9.17, 15) is 14.7 Å². The summed E-state index contributed by atoms with van der Waals surface area (Å²) in [7, 11) is 0. The zero-order valence-corrected chi connectivity index (χ0v) is 52.4. The Labute approximate surface area is 487 Å². The van der Waals surface area contributed by atoms with Gasteiger partial charge in [-0.25, -0.2) is 0 Å². The molecule has 0 radical (unpaired) electrons. The fourth-order valence-corrected chi connectivity index (χ4v) is 10.5. The van der Waals surface area contributed by atoms with Gasteiger partial charge in [0.2, 0.25) is 0 Å². The van der Waals surface area contributed by atoms with Crippen molar-refractivity contribution >= 4 is 11.9 Å². The highest BCUT2D eigenvalue weighted by atomic mass is 16.6. The molecule has 0 aromatic carbocycles. The molecule has 1 atom stereocenters. The molecule has 0 rings (SSSR count). The number of allylic oxidation sites excluding steroid dienone is 10. The molecule has 0 aliphatic carbocycles. The van der Waals surface area contributed by atoms with Gasteiger partial charge in [-0.05, 0) is 83.5 Å². The SMILES string of the molecule is CCCCCCC/C=C\C/C=C\C/C=C\CCCCCCCCCCCCCCCCCCCCCCCCCCC(=O)OC(CO)COC(=O)CCCCCCCCCCCCCCC/C=C\C/C=C\CCCCCCC. The fraction of sp³-hybridized carbons (Fsp3) is 0.836. The third-order valence-corrected chi connectivity index (χ3v) is 15.8. The molecule has 456 valence electrons.